The number of rotatable bonds is 6. The monoisotopic (exact) mass is 549 g/mol. The molecule has 11 heteroatoms. The summed E-state index contributed by atoms with van der Waals surface area (Å²) >= 11 is 5.87. The lowest BCUT2D eigenvalue weighted by Crippen LogP contribution is -2.48. The zero-order valence-electron chi connectivity index (χ0n) is 19.2. The fourth-order valence-corrected chi connectivity index (χ4v) is 5.36. The molecule has 2 aliphatic heterocycles. The highest BCUT2D eigenvalue weighted by Gasteiger charge is 2.26. The summed E-state index contributed by atoms with van der Waals surface area (Å²) in [5.74, 6) is 1.31. The van der Waals surface area contributed by atoms with Gasteiger partial charge in [-0.05, 0) is 54.1 Å². The highest BCUT2D eigenvalue weighted by molar-refractivity contribution is 7.92. The minimum absolute atomic E-state index is 0. The average molecular weight is 550 g/mol. The molecule has 8 nitrogen and oxygen atoms in total. The molecule has 3 aromatic rings. The van der Waals surface area contributed by atoms with Crippen molar-refractivity contribution in [1.82, 2.24) is 9.80 Å². The van der Waals surface area contributed by atoms with Crippen LogP contribution in [-0.4, -0.2) is 57.1 Å². The van der Waals surface area contributed by atoms with Crippen molar-refractivity contribution >= 4 is 45.6 Å². The molecule has 1 N–H and O–H groups in total. The number of halogens is 2. The van der Waals surface area contributed by atoms with Crippen molar-refractivity contribution < 1.29 is 22.7 Å². The molecule has 0 spiro atoms. The molecule has 0 aliphatic carbocycles. The van der Waals surface area contributed by atoms with Crippen molar-refractivity contribution in [3.63, 3.8) is 0 Å². The van der Waals surface area contributed by atoms with E-state index in [-0.39, 0.29) is 35.7 Å². The molecule has 0 radical (unpaired) electrons. The van der Waals surface area contributed by atoms with Gasteiger partial charge in [0.15, 0.2) is 11.5 Å². The summed E-state index contributed by atoms with van der Waals surface area (Å²) in [7, 11) is -3.87. The molecule has 0 atom stereocenters. The number of hydrogen-bond acceptors (Lipinski definition) is 6. The predicted molar refractivity (Wildman–Crippen MR) is 140 cm³/mol. The Morgan fingerprint density at radius 1 is 0.917 bits per heavy atom. The van der Waals surface area contributed by atoms with E-state index in [1.165, 1.54) is 24.3 Å². The van der Waals surface area contributed by atoms with Crippen LogP contribution in [0.2, 0.25) is 5.02 Å². The second-order valence-corrected chi connectivity index (χ2v) is 10.5. The van der Waals surface area contributed by atoms with E-state index < -0.39 is 10.0 Å². The molecule has 1 fully saturated rings. The number of ether oxygens (including phenoxy) is 2. The van der Waals surface area contributed by atoms with E-state index in [0.29, 0.717) is 36.8 Å². The number of amides is 1. The van der Waals surface area contributed by atoms with Gasteiger partial charge in [0.2, 0.25) is 6.79 Å². The number of anilines is 1. The first-order valence-electron chi connectivity index (χ1n) is 11.2. The van der Waals surface area contributed by atoms with Crippen molar-refractivity contribution in [1.29, 1.82) is 0 Å². The van der Waals surface area contributed by atoms with E-state index >= 15 is 0 Å². The van der Waals surface area contributed by atoms with Crippen LogP contribution in [0, 0.1) is 0 Å². The third-order valence-corrected chi connectivity index (χ3v) is 7.66. The van der Waals surface area contributed by atoms with E-state index in [9.17, 15) is 13.2 Å². The Hall–Kier alpha value is -2.98. The highest BCUT2D eigenvalue weighted by Crippen LogP contribution is 2.33. The molecule has 1 amide bonds. The number of piperazine rings is 1. The van der Waals surface area contributed by atoms with E-state index in [4.69, 9.17) is 21.1 Å². The van der Waals surface area contributed by atoms with Gasteiger partial charge < -0.3 is 14.4 Å². The van der Waals surface area contributed by atoms with E-state index in [1.54, 1.807) is 29.2 Å². The van der Waals surface area contributed by atoms with Crippen molar-refractivity contribution in [2.24, 2.45) is 0 Å². The Balaban J connectivity index is 0.00000304. The molecule has 0 bridgehead atoms. The summed E-state index contributed by atoms with van der Waals surface area (Å²) in [5.41, 5.74) is 1.68. The van der Waals surface area contributed by atoms with Gasteiger partial charge in [-0.25, -0.2) is 8.42 Å². The lowest BCUT2D eigenvalue weighted by atomic mass is 10.1. The van der Waals surface area contributed by atoms with Gasteiger partial charge in [0.05, 0.1) is 16.1 Å². The maximum absolute atomic E-state index is 13.3. The van der Waals surface area contributed by atoms with Crippen LogP contribution in [0.4, 0.5) is 5.69 Å². The van der Waals surface area contributed by atoms with Crippen molar-refractivity contribution in [2.45, 2.75) is 11.4 Å². The number of nitrogens with zero attached hydrogens (tertiary/aromatic N) is 2. The number of nitrogens with one attached hydrogen (secondary N) is 1. The maximum Gasteiger partial charge on any atom is 0.261 e. The summed E-state index contributed by atoms with van der Waals surface area (Å²) in [6.07, 6.45) is 0. The Morgan fingerprint density at radius 3 is 2.36 bits per heavy atom. The van der Waals surface area contributed by atoms with E-state index in [0.717, 1.165) is 23.6 Å². The normalized spacial score (nSPS) is 15.3. The van der Waals surface area contributed by atoms with E-state index in [2.05, 4.69) is 9.62 Å². The maximum atomic E-state index is 13.3. The average Bonchev–Trinajstić information content (AvgIpc) is 3.32. The van der Waals surface area contributed by atoms with Crippen LogP contribution >= 0.6 is 24.0 Å². The quantitative estimate of drug-likeness (QED) is 0.494. The molecule has 190 valence electrons. The SMILES string of the molecule is Cl.O=C(c1ccccc1NS(=O)(=O)c1ccc(Cl)cc1)N1CCN(Cc2ccc3c(c2)OCO3)CC1. The molecular formula is C25H25Cl2N3O5S. The molecule has 2 aliphatic rings. The third-order valence-electron chi connectivity index (χ3n) is 6.03. The first kappa shape index (κ1) is 26.1. The molecular weight excluding hydrogens is 525 g/mol. The van der Waals surface area contributed by atoms with Crippen LogP contribution in [0.15, 0.2) is 71.6 Å². The van der Waals surface area contributed by atoms with Crippen LogP contribution in [-0.2, 0) is 16.6 Å². The number of benzene rings is 3. The van der Waals surface area contributed by atoms with Gasteiger partial charge >= 0.3 is 0 Å². The summed E-state index contributed by atoms with van der Waals surface area (Å²) in [4.78, 5) is 17.4. The summed E-state index contributed by atoms with van der Waals surface area (Å²) in [5, 5.41) is 0.442. The zero-order valence-corrected chi connectivity index (χ0v) is 21.6. The molecule has 0 unspecified atom stereocenters. The number of fused-ring (bicyclic) bond motifs is 1. The predicted octanol–water partition coefficient (Wildman–Crippen LogP) is 4.25. The number of carbonyl (C=O) groups excluding carboxylic acids is 1. The zero-order chi connectivity index (χ0) is 24.4. The summed E-state index contributed by atoms with van der Waals surface area (Å²) in [6, 6.07) is 18.5. The van der Waals surface area contributed by atoms with Crippen LogP contribution in [0.1, 0.15) is 15.9 Å². The lowest BCUT2D eigenvalue weighted by molar-refractivity contribution is 0.0629. The molecule has 1 saturated heterocycles. The Morgan fingerprint density at radius 2 is 1.61 bits per heavy atom. The van der Waals surface area contributed by atoms with E-state index in [1.807, 2.05) is 18.2 Å². The third kappa shape index (κ3) is 5.70. The van der Waals surface area contributed by atoms with Crippen molar-refractivity contribution in [3.05, 3.63) is 82.9 Å². The smallest absolute Gasteiger partial charge is 0.261 e. The van der Waals surface area contributed by atoms with Crippen LogP contribution < -0.4 is 14.2 Å². The molecule has 0 saturated carbocycles. The van der Waals surface area contributed by atoms with Crippen LogP contribution in [0.5, 0.6) is 11.5 Å². The Kier molecular flexibility index (Phi) is 7.94. The van der Waals surface area contributed by atoms with Gasteiger partial charge in [0, 0.05) is 37.7 Å². The fourth-order valence-electron chi connectivity index (χ4n) is 4.15. The van der Waals surface area contributed by atoms with Gasteiger partial charge in [-0.15, -0.1) is 12.4 Å². The van der Waals surface area contributed by atoms with Crippen molar-refractivity contribution in [3.8, 4) is 11.5 Å². The van der Waals surface area contributed by atoms with Gasteiger partial charge in [-0.2, -0.15) is 0 Å². The lowest BCUT2D eigenvalue weighted by Gasteiger charge is -2.35. The van der Waals surface area contributed by atoms with Crippen LogP contribution in [0.25, 0.3) is 0 Å². The molecule has 3 aromatic carbocycles. The number of hydrogen-bond donors (Lipinski definition) is 1. The second-order valence-electron chi connectivity index (χ2n) is 8.36. The number of para-hydroxylation sites is 1. The molecule has 5 rings (SSSR count). The standard InChI is InChI=1S/C25H24ClN3O5S.ClH/c26-19-6-8-20(9-7-19)35(31,32)27-22-4-2-1-3-21(22)25(30)29-13-11-28(12-14-29)16-18-5-10-23-24(15-18)34-17-33-23;/h1-10,15,27H,11-14,16-17H2;1H. The summed E-state index contributed by atoms with van der Waals surface area (Å²) in [6.45, 7) is 3.49. The highest BCUT2D eigenvalue weighted by atomic mass is 35.5. The van der Waals surface area contributed by atoms with Gasteiger partial charge in [0.1, 0.15) is 0 Å². The molecule has 2 heterocycles. The first-order chi connectivity index (χ1) is 16.9. The summed E-state index contributed by atoms with van der Waals surface area (Å²) < 4.78 is 39.1. The first-order valence-corrected chi connectivity index (χ1v) is 13.0. The molecule has 0 aromatic heterocycles. The van der Waals surface area contributed by atoms with Gasteiger partial charge in [-0.1, -0.05) is 29.8 Å². The second kappa shape index (κ2) is 11.0. The largest absolute Gasteiger partial charge is 0.454 e. The minimum Gasteiger partial charge on any atom is -0.454 e. The Labute approximate surface area is 221 Å². The van der Waals surface area contributed by atoms with Gasteiger partial charge in [-0.3, -0.25) is 14.4 Å². The van der Waals surface area contributed by atoms with Gasteiger partial charge in [0.25, 0.3) is 15.9 Å². The Bertz CT molecular complexity index is 1340. The number of carbonyl (C=O) groups is 1. The molecule has 36 heavy (non-hydrogen) atoms. The van der Waals surface area contributed by atoms with Crippen molar-refractivity contribution in [2.75, 3.05) is 37.7 Å². The van der Waals surface area contributed by atoms with Crippen LogP contribution in [0.3, 0.4) is 0 Å². The number of sulfonamides is 1. The fraction of sp³-hybridized carbons (Fsp3) is 0.240. The topological polar surface area (TPSA) is 88.2 Å². The minimum atomic E-state index is -3.87.